The number of pyridine rings is 1. The zero-order valence-corrected chi connectivity index (χ0v) is 24.8. The standard InChI is InChI=1S/C29H29N9O5S/c1-36(21-4-9-42-28(21)39)8-10-43-29(40)34-26-18-15-32-19(17-16-33-37-7-3-5-31-27(17)37)12-22(18)38(35-26)23-14-25-20(13-24(23)41-2)30-6-11-44-25/h3,5,7,12-16,21,30H,4,6,8-11H2,1-2H3,(H,34,35,40). The van der Waals surface area contributed by atoms with E-state index in [0.717, 1.165) is 28.4 Å². The number of anilines is 2. The van der Waals surface area contributed by atoms with Gasteiger partial charge in [0, 0.05) is 54.8 Å². The number of nitrogens with one attached hydrogen (secondary N) is 2. The molecule has 44 heavy (non-hydrogen) atoms. The number of aromatic nitrogens is 6. The molecule has 1 amide bonds. The summed E-state index contributed by atoms with van der Waals surface area (Å²) in [5.74, 6) is 1.57. The van der Waals surface area contributed by atoms with E-state index in [-0.39, 0.29) is 24.4 Å². The predicted molar refractivity (Wildman–Crippen MR) is 164 cm³/mol. The van der Waals surface area contributed by atoms with E-state index in [1.807, 2.05) is 35.4 Å². The number of thioether (sulfide) groups is 1. The van der Waals surface area contributed by atoms with Crippen molar-refractivity contribution < 1.29 is 23.8 Å². The number of carbonyl (C=O) groups excluding carboxylic acids is 2. The number of nitrogens with zero attached hydrogens (tertiary/aromatic N) is 7. The van der Waals surface area contributed by atoms with Crippen LogP contribution in [0, 0.1) is 0 Å². The summed E-state index contributed by atoms with van der Waals surface area (Å²) in [5, 5.41) is 16.0. The van der Waals surface area contributed by atoms with Crippen LogP contribution in [0.1, 0.15) is 6.42 Å². The van der Waals surface area contributed by atoms with Gasteiger partial charge in [-0.2, -0.15) is 5.10 Å². The van der Waals surface area contributed by atoms with Gasteiger partial charge in [0.2, 0.25) is 0 Å². The molecule has 0 radical (unpaired) electrons. The van der Waals surface area contributed by atoms with E-state index in [1.54, 1.807) is 53.7 Å². The minimum atomic E-state index is -0.674. The van der Waals surface area contributed by atoms with E-state index >= 15 is 0 Å². The molecule has 1 saturated heterocycles. The number of ether oxygens (including phenoxy) is 3. The van der Waals surface area contributed by atoms with E-state index in [4.69, 9.17) is 19.3 Å². The smallest absolute Gasteiger partial charge is 0.412 e. The summed E-state index contributed by atoms with van der Waals surface area (Å²) in [6.07, 6.45) is 6.86. The number of esters is 1. The lowest BCUT2D eigenvalue weighted by Crippen LogP contribution is -2.38. The van der Waals surface area contributed by atoms with Crippen LogP contribution in [0.25, 0.3) is 33.5 Å². The quantitative estimate of drug-likeness (QED) is 0.246. The fraction of sp³-hybridized carbons (Fsp3) is 0.310. The number of hydrogen-bond donors (Lipinski definition) is 2. The largest absolute Gasteiger partial charge is 0.494 e. The molecule has 2 aliphatic rings. The highest BCUT2D eigenvalue weighted by atomic mass is 32.2. The Bertz CT molecular complexity index is 1890. The van der Waals surface area contributed by atoms with Gasteiger partial charge in [0.1, 0.15) is 24.1 Å². The number of fused-ring (bicyclic) bond motifs is 3. The summed E-state index contributed by atoms with van der Waals surface area (Å²) in [4.78, 5) is 36.8. The second-order valence-corrected chi connectivity index (χ2v) is 11.4. The molecule has 226 valence electrons. The minimum absolute atomic E-state index is 0.0811. The number of cyclic esters (lactones) is 1. The number of hydrogen-bond acceptors (Lipinski definition) is 12. The lowest BCUT2D eigenvalue weighted by atomic mass is 10.2. The van der Waals surface area contributed by atoms with Crippen LogP contribution >= 0.6 is 11.8 Å². The first-order valence-corrected chi connectivity index (χ1v) is 15.1. The van der Waals surface area contributed by atoms with E-state index in [1.165, 1.54) is 0 Å². The average Bonchev–Trinajstić information content (AvgIpc) is 3.77. The topological polar surface area (TPSA) is 150 Å². The average molecular weight is 616 g/mol. The van der Waals surface area contributed by atoms with Gasteiger partial charge >= 0.3 is 12.1 Å². The molecular formula is C29H29N9O5S. The van der Waals surface area contributed by atoms with E-state index < -0.39 is 6.09 Å². The third-order valence-electron chi connectivity index (χ3n) is 7.64. The number of rotatable bonds is 8. The third kappa shape index (κ3) is 5.13. The fourth-order valence-electron chi connectivity index (χ4n) is 5.38. The predicted octanol–water partition coefficient (Wildman–Crippen LogP) is 3.45. The molecular weight excluding hydrogens is 586 g/mol. The van der Waals surface area contributed by atoms with Crippen LogP contribution in [0.4, 0.5) is 16.3 Å². The van der Waals surface area contributed by atoms with Crippen LogP contribution in [0.15, 0.2) is 53.9 Å². The Labute approximate surface area is 255 Å². The molecule has 0 spiro atoms. The summed E-state index contributed by atoms with van der Waals surface area (Å²) in [5.41, 5.74) is 4.44. The Morgan fingerprint density at radius 3 is 3.02 bits per heavy atom. The Hall–Kier alpha value is -4.89. The molecule has 1 aromatic carbocycles. The second-order valence-electron chi connectivity index (χ2n) is 10.3. The van der Waals surface area contributed by atoms with Crippen LogP contribution < -0.4 is 15.4 Å². The van der Waals surface area contributed by atoms with Crippen LogP contribution in [0.3, 0.4) is 0 Å². The zero-order valence-electron chi connectivity index (χ0n) is 24.0. The molecule has 1 unspecified atom stereocenters. The number of likely N-dealkylation sites (N-methyl/N-ethyl adjacent to an activating group) is 1. The molecule has 1 fully saturated rings. The molecule has 2 N–H and O–H groups in total. The SMILES string of the molecule is COc1cc2c(cc1-n1nc(NC(=O)OCCN(C)C3CCOC3=O)c3cnc(-c4cnn5cccnc45)cc31)SCCN2. The molecule has 14 nitrogen and oxygen atoms in total. The monoisotopic (exact) mass is 615 g/mol. The van der Waals surface area contributed by atoms with Gasteiger partial charge in [-0.25, -0.2) is 19.0 Å². The number of methoxy groups -OCH3 is 1. The van der Waals surface area contributed by atoms with Crippen molar-refractivity contribution in [2.24, 2.45) is 0 Å². The van der Waals surface area contributed by atoms with E-state index in [9.17, 15) is 9.59 Å². The van der Waals surface area contributed by atoms with Gasteiger partial charge in [-0.1, -0.05) is 0 Å². The molecule has 15 heteroatoms. The fourth-order valence-corrected chi connectivity index (χ4v) is 6.29. The summed E-state index contributed by atoms with van der Waals surface area (Å²) >= 11 is 1.75. The number of benzene rings is 1. The van der Waals surface area contributed by atoms with Gasteiger partial charge in [0.25, 0.3) is 0 Å². The highest BCUT2D eigenvalue weighted by molar-refractivity contribution is 7.99. The zero-order chi connectivity index (χ0) is 30.2. The van der Waals surface area contributed by atoms with Crippen molar-refractivity contribution in [1.82, 2.24) is 34.3 Å². The third-order valence-corrected chi connectivity index (χ3v) is 8.70. The molecule has 1 atom stereocenters. The van der Waals surface area contributed by atoms with Crippen molar-refractivity contribution in [3.8, 4) is 22.7 Å². The number of amides is 1. The molecule has 0 aliphatic carbocycles. The van der Waals surface area contributed by atoms with Crippen molar-refractivity contribution in [2.75, 3.05) is 56.8 Å². The highest BCUT2D eigenvalue weighted by Gasteiger charge is 2.30. The van der Waals surface area contributed by atoms with E-state index in [2.05, 4.69) is 25.7 Å². The van der Waals surface area contributed by atoms with Crippen LogP contribution in [0.2, 0.25) is 0 Å². The van der Waals surface area contributed by atoms with Gasteiger partial charge in [0.15, 0.2) is 11.5 Å². The summed E-state index contributed by atoms with van der Waals surface area (Å²) < 4.78 is 19.7. The first kappa shape index (κ1) is 27.9. The molecule has 2 aliphatic heterocycles. The highest BCUT2D eigenvalue weighted by Crippen LogP contribution is 2.40. The van der Waals surface area contributed by atoms with Crippen LogP contribution in [-0.2, 0) is 14.3 Å². The maximum absolute atomic E-state index is 12.9. The van der Waals surface area contributed by atoms with E-state index in [0.29, 0.717) is 53.3 Å². The van der Waals surface area contributed by atoms with Gasteiger partial charge < -0.3 is 19.5 Å². The minimum Gasteiger partial charge on any atom is -0.494 e. The lowest BCUT2D eigenvalue weighted by molar-refractivity contribution is -0.142. The molecule has 0 bridgehead atoms. The maximum Gasteiger partial charge on any atom is 0.412 e. The van der Waals surface area contributed by atoms with Gasteiger partial charge in [0.05, 0.1) is 47.8 Å². The summed E-state index contributed by atoms with van der Waals surface area (Å²) in [6, 6.07) is 7.36. The Morgan fingerprint density at radius 2 is 2.18 bits per heavy atom. The van der Waals surface area contributed by atoms with Gasteiger partial charge in [-0.15, -0.1) is 16.9 Å². The lowest BCUT2D eigenvalue weighted by Gasteiger charge is -2.20. The molecule has 7 rings (SSSR count). The summed E-state index contributed by atoms with van der Waals surface area (Å²) in [6.45, 7) is 1.72. The molecule has 5 aromatic rings. The second kappa shape index (κ2) is 11.7. The van der Waals surface area contributed by atoms with Crippen LogP contribution in [0.5, 0.6) is 5.75 Å². The maximum atomic E-state index is 12.9. The molecule has 4 aromatic heterocycles. The molecule has 0 saturated carbocycles. The van der Waals surface area contributed by atoms with Crippen LogP contribution in [-0.4, -0.2) is 98.6 Å². The number of carbonyl (C=O) groups is 2. The molecule has 6 heterocycles. The van der Waals surface area contributed by atoms with Crippen molar-refractivity contribution in [2.45, 2.75) is 17.4 Å². The van der Waals surface area contributed by atoms with Gasteiger partial charge in [-0.05, 0) is 25.2 Å². The van der Waals surface area contributed by atoms with Crippen molar-refractivity contribution in [3.63, 3.8) is 0 Å². The summed E-state index contributed by atoms with van der Waals surface area (Å²) in [7, 11) is 3.42. The normalized spacial score (nSPS) is 16.2. The first-order chi connectivity index (χ1) is 21.5. The first-order valence-electron chi connectivity index (χ1n) is 14.1. The van der Waals surface area contributed by atoms with Crippen molar-refractivity contribution in [3.05, 3.63) is 49.1 Å². The van der Waals surface area contributed by atoms with Crippen molar-refractivity contribution >= 4 is 51.9 Å². The Morgan fingerprint density at radius 1 is 1.27 bits per heavy atom. The Balaban J connectivity index is 1.23. The van der Waals surface area contributed by atoms with Gasteiger partial charge in [-0.3, -0.25) is 20.0 Å². The van der Waals surface area contributed by atoms with Crippen molar-refractivity contribution in [1.29, 1.82) is 0 Å². The Kier molecular flexibility index (Phi) is 7.39.